The minimum absolute atomic E-state index is 0.367. The fourth-order valence-corrected chi connectivity index (χ4v) is 4.14. The largest absolute Gasteiger partial charge is 0.344 e. The Bertz CT molecular complexity index is 416. The van der Waals surface area contributed by atoms with Crippen LogP contribution in [-0.2, 0) is 9.13 Å². The molecule has 0 aliphatic heterocycles. The summed E-state index contributed by atoms with van der Waals surface area (Å²) in [6, 6.07) is 0. The van der Waals surface area contributed by atoms with Crippen molar-refractivity contribution in [2.45, 2.75) is 45.4 Å². The van der Waals surface area contributed by atoms with Crippen LogP contribution in [0.2, 0.25) is 0 Å². The molecule has 0 saturated carbocycles. The van der Waals surface area contributed by atoms with E-state index < -0.39 is 20.1 Å². The zero-order valence-corrected chi connectivity index (χ0v) is 13.4. The van der Waals surface area contributed by atoms with Crippen LogP contribution in [0.1, 0.15) is 40.5 Å². The van der Waals surface area contributed by atoms with Crippen LogP contribution in [-0.4, -0.2) is 24.5 Å². The van der Waals surface area contributed by atoms with E-state index in [1.165, 1.54) is 12.2 Å². The van der Waals surface area contributed by atoms with Gasteiger partial charge in [-0.15, -0.1) is 0 Å². The molecule has 6 nitrogen and oxygen atoms in total. The van der Waals surface area contributed by atoms with Crippen molar-refractivity contribution in [3.8, 4) is 0 Å². The Morgan fingerprint density at radius 3 is 1.26 bits per heavy atom. The van der Waals surface area contributed by atoms with E-state index in [4.69, 9.17) is 0 Å². The second-order valence-electron chi connectivity index (χ2n) is 5.04. The van der Waals surface area contributed by atoms with E-state index in [1.807, 2.05) is 0 Å². The molecule has 0 aromatic rings. The number of hydrogen-bond acceptors (Lipinski definition) is 2. The molecule has 0 saturated heterocycles. The van der Waals surface area contributed by atoms with E-state index in [9.17, 15) is 28.7 Å². The summed E-state index contributed by atoms with van der Waals surface area (Å²) in [7, 11) is -9.99. The van der Waals surface area contributed by atoms with E-state index in [1.54, 1.807) is 27.7 Å². The number of hydrogen-bond donors (Lipinski definition) is 4. The fourth-order valence-electron chi connectivity index (χ4n) is 1.46. The molecule has 0 aliphatic rings. The first-order valence-electron chi connectivity index (χ1n) is 5.71. The van der Waals surface area contributed by atoms with Gasteiger partial charge < -0.3 is 19.6 Å². The average molecular weight is 312 g/mol. The molecule has 0 bridgehead atoms. The zero-order chi connectivity index (χ0) is 15.5. The average Bonchev–Trinajstić information content (AvgIpc) is 2.12. The lowest BCUT2D eigenvalue weighted by atomic mass is 10.1. The molecule has 0 fully saturated rings. The first-order chi connectivity index (χ1) is 8.33. The van der Waals surface area contributed by atoms with Gasteiger partial charge in [-0.2, -0.15) is 0 Å². The monoisotopic (exact) mass is 312 g/mol. The molecule has 8 heteroatoms. The van der Waals surface area contributed by atoms with Gasteiger partial charge in [0.15, 0.2) is 4.90 Å². The van der Waals surface area contributed by atoms with Crippen molar-refractivity contribution in [1.82, 2.24) is 0 Å². The summed E-state index contributed by atoms with van der Waals surface area (Å²) in [6.07, 6.45) is 2.15. The summed E-state index contributed by atoms with van der Waals surface area (Å²) in [5.41, 5.74) is 1.48. The minimum atomic E-state index is -4.99. The highest BCUT2D eigenvalue weighted by molar-refractivity contribution is 7.72. The van der Waals surface area contributed by atoms with Crippen LogP contribution in [0.3, 0.4) is 0 Å². The van der Waals surface area contributed by atoms with E-state index >= 15 is 0 Å². The first kappa shape index (κ1) is 18.8. The van der Waals surface area contributed by atoms with E-state index in [0.29, 0.717) is 0 Å². The van der Waals surface area contributed by atoms with Crippen molar-refractivity contribution in [2.24, 2.45) is 0 Å². The van der Waals surface area contributed by atoms with Crippen molar-refractivity contribution in [3.63, 3.8) is 0 Å². The van der Waals surface area contributed by atoms with Gasteiger partial charge in [0.05, 0.1) is 0 Å². The molecule has 0 aromatic carbocycles. The lowest BCUT2D eigenvalue weighted by Gasteiger charge is -2.33. The van der Waals surface area contributed by atoms with E-state index in [0.717, 1.165) is 11.1 Å². The Kier molecular flexibility index (Phi) is 6.41. The third-order valence-corrected chi connectivity index (χ3v) is 7.22. The molecule has 0 radical (unpaired) electrons. The van der Waals surface area contributed by atoms with Crippen LogP contribution in [0, 0.1) is 0 Å². The highest BCUT2D eigenvalue weighted by Gasteiger charge is 2.58. The number of allylic oxidation sites excluding steroid dienone is 4. The van der Waals surface area contributed by atoms with E-state index in [2.05, 4.69) is 0 Å². The Labute approximate surface area is 113 Å². The van der Waals surface area contributed by atoms with Crippen molar-refractivity contribution in [3.05, 3.63) is 23.3 Å². The lowest BCUT2D eigenvalue weighted by Crippen LogP contribution is -2.28. The summed E-state index contributed by atoms with van der Waals surface area (Å²) >= 11 is 0. The third kappa shape index (κ3) is 4.99. The first-order valence-corrected chi connectivity index (χ1v) is 8.94. The van der Waals surface area contributed by atoms with E-state index in [-0.39, 0.29) is 12.8 Å². The Balaban J connectivity index is 5.90. The van der Waals surface area contributed by atoms with Gasteiger partial charge in [0.25, 0.3) is 0 Å². The van der Waals surface area contributed by atoms with Gasteiger partial charge in [0.2, 0.25) is 0 Å². The van der Waals surface area contributed by atoms with Gasteiger partial charge in [-0.1, -0.05) is 23.3 Å². The van der Waals surface area contributed by atoms with Gasteiger partial charge >= 0.3 is 15.2 Å². The lowest BCUT2D eigenvalue weighted by molar-refractivity contribution is 0.307. The van der Waals surface area contributed by atoms with Crippen LogP contribution in [0.15, 0.2) is 23.3 Å². The third-order valence-electron chi connectivity index (χ3n) is 2.76. The topological polar surface area (TPSA) is 115 Å². The van der Waals surface area contributed by atoms with Crippen LogP contribution >= 0.6 is 15.2 Å². The Morgan fingerprint density at radius 2 is 1.11 bits per heavy atom. The van der Waals surface area contributed by atoms with Crippen LogP contribution in [0.25, 0.3) is 0 Å². The van der Waals surface area contributed by atoms with Crippen LogP contribution < -0.4 is 0 Å². The predicted octanol–water partition coefficient (Wildman–Crippen LogP) is 2.75. The Morgan fingerprint density at radius 1 is 0.842 bits per heavy atom. The maximum Gasteiger partial charge on any atom is 0.344 e. The Hall–Kier alpha value is -0.220. The molecule has 0 unspecified atom stereocenters. The molecule has 19 heavy (non-hydrogen) atoms. The van der Waals surface area contributed by atoms with Gasteiger partial charge in [-0.3, -0.25) is 9.13 Å². The molecule has 0 aliphatic carbocycles. The van der Waals surface area contributed by atoms with Crippen LogP contribution in [0.4, 0.5) is 0 Å². The summed E-state index contributed by atoms with van der Waals surface area (Å²) < 4.78 is 23.3. The smallest absolute Gasteiger partial charge is 0.324 e. The van der Waals surface area contributed by atoms with Crippen molar-refractivity contribution >= 4 is 15.2 Å². The highest BCUT2D eigenvalue weighted by atomic mass is 31.2. The molecule has 0 rings (SSSR count). The molecular weight excluding hydrogens is 290 g/mol. The second kappa shape index (κ2) is 6.49. The molecule has 0 amide bonds. The van der Waals surface area contributed by atoms with Crippen molar-refractivity contribution < 1.29 is 28.7 Å². The number of rotatable bonds is 6. The summed E-state index contributed by atoms with van der Waals surface area (Å²) in [5.74, 6) is 0. The normalized spacial score (nSPS) is 13.1. The second-order valence-corrected chi connectivity index (χ2v) is 9.28. The zero-order valence-electron chi connectivity index (χ0n) is 11.6. The predicted molar refractivity (Wildman–Crippen MR) is 74.9 cm³/mol. The minimum Gasteiger partial charge on any atom is -0.324 e. The summed E-state index contributed by atoms with van der Waals surface area (Å²) in [6.45, 7) is 6.80. The van der Waals surface area contributed by atoms with Gasteiger partial charge in [-0.05, 0) is 40.5 Å². The highest BCUT2D eigenvalue weighted by Crippen LogP contribution is 2.72. The summed E-state index contributed by atoms with van der Waals surface area (Å²) in [4.78, 5) is 35.4. The molecule has 0 atom stereocenters. The van der Waals surface area contributed by atoms with Gasteiger partial charge in [0.1, 0.15) is 0 Å². The molecule has 4 N–H and O–H groups in total. The molecule has 0 spiro atoms. The molecule has 0 heterocycles. The molecule has 112 valence electrons. The van der Waals surface area contributed by atoms with Crippen molar-refractivity contribution in [2.75, 3.05) is 0 Å². The van der Waals surface area contributed by atoms with Gasteiger partial charge in [-0.25, -0.2) is 0 Å². The maximum atomic E-state index is 11.7. The molecular formula is C11H22O6P2. The molecule has 0 aromatic heterocycles. The van der Waals surface area contributed by atoms with Gasteiger partial charge in [0, 0.05) is 0 Å². The SMILES string of the molecule is CC(C)=CCC(CC=C(C)C)(P(=O)(O)O)P(=O)(O)O. The van der Waals surface area contributed by atoms with Crippen LogP contribution in [0.5, 0.6) is 0 Å². The summed E-state index contributed by atoms with van der Waals surface area (Å²) in [5, 5.41) is 0. The van der Waals surface area contributed by atoms with Crippen molar-refractivity contribution in [1.29, 1.82) is 0 Å². The standard InChI is InChI=1S/C11H22O6P2/c1-9(2)5-7-11(18(12,13)14,19(15,16)17)8-6-10(3)4/h5-6H,7-8H2,1-4H3,(H2,12,13,14)(H2,15,16,17). The quantitative estimate of drug-likeness (QED) is 0.443. The maximum absolute atomic E-state index is 11.7. The fraction of sp³-hybridized carbons (Fsp3) is 0.636.